The monoisotopic (exact) mass is 876 g/mol. The molecule has 3 amide bonds. The number of allylic oxidation sites excluding steroid dienone is 1. The Bertz CT molecular complexity index is 2310. The van der Waals surface area contributed by atoms with Gasteiger partial charge in [0.25, 0.3) is 5.91 Å². The van der Waals surface area contributed by atoms with E-state index in [1.807, 2.05) is 37.3 Å². The molecule has 2 aliphatic heterocycles. The number of aromatic nitrogens is 2. The van der Waals surface area contributed by atoms with Crippen LogP contribution in [0.15, 0.2) is 54.9 Å². The molecule has 1 saturated heterocycles. The quantitative estimate of drug-likeness (QED) is 0.154. The van der Waals surface area contributed by atoms with Gasteiger partial charge in [0.15, 0.2) is 0 Å². The summed E-state index contributed by atoms with van der Waals surface area (Å²) in [5, 5.41) is 18.5. The van der Waals surface area contributed by atoms with Gasteiger partial charge in [-0.05, 0) is 102 Å². The van der Waals surface area contributed by atoms with Crippen LogP contribution >= 0.6 is 0 Å². The van der Waals surface area contributed by atoms with Crippen molar-refractivity contribution in [1.82, 2.24) is 30.2 Å². The van der Waals surface area contributed by atoms with Crippen LogP contribution < -0.4 is 29.6 Å². The molecule has 62 heavy (non-hydrogen) atoms. The van der Waals surface area contributed by atoms with E-state index in [2.05, 4.69) is 27.3 Å². The number of carbonyl (C=O) groups excluding carboxylic acids is 3. The molecule has 2 aromatic heterocycles. The molecule has 2 aliphatic carbocycles. The van der Waals surface area contributed by atoms with Crippen LogP contribution in [-0.2, 0) is 29.1 Å². The molecule has 1 unspecified atom stereocenters. The Morgan fingerprint density at radius 1 is 1.03 bits per heavy atom. The molecule has 1 aromatic carbocycles. The fourth-order valence-electron chi connectivity index (χ4n) is 8.62. The molecule has 0 radical (unpaired) electrons. The summed E-state index contributed by atoms with van der Waals surface area (Å²) in [6.45, 7) is 11.0. The van der Waals surface area contributed by atoms with E-state index in [-0.39, 0.29) is 37.1 Å². The summed E-state index contributed by atoms with van der Waals surface area (Å²) >= 11 is 0. The Morgan fingerprint density at radius 3 is 2.45 bits per heavy atom. The van der Waals surface area contributed by atoms with Crippen molar-refractivity contribution in [3.05, 3.63) is 54.9 Å². The van der Waals surface area contributed by atoms with Crippen molar-refractivity contribution < 1.29 is 46.9 Å². The first-order chi connectivity index (χ1) is 29.3. The Balaban J connectivity index is 1.24. The normalized spacial score (nSPS) is 28.6. The first-order valence-corrected chi connectivity index (χ1v) is 22.9. The lowest BCUT2D eigenvalue weighted by Crippen LogP contribution is -2.60. The minimum Gasteiger partial charge on any atom is -0.497 e. The van der Waals surface area contributed by atoms with Crippen LogP contribution in [0.3, 0.4) is 0 Å². The van der Waals surface area contributed by atoms with Gasteiger partial charge in [-0.1, -0.05) is 26.0 Å². The van der Waals surface area contributed by atoms with Crippen molar-refractivity contribution in [2.75, 3.05) is 20.8 Å². The standard InChI is InChI=1S/C45H60N6O10S/c1-26-11-9-10-12-29-22-45(29,41(54)50-62(56,57)44(6)17-18-44)49-38(52)35-21-31(25-51(35)40(53)37(27(2)19-26)48-42(55)61-43(3,4)5)60-39-32-15-14-30(58-7)20-33(32)34(24-47-39)28-13-16-36(59-8)46-23-28/h10,12-16,20,23-24,26-27,29,31,35,37,42,48,55H,9,11,17-19,21-22,25H2,1-8H3,(H,49,52)(H,50,54)/b12-10-/t26-,27-,29-,31-,35+,37+,42?,45-/m1/s1. The number of rotatable bonds is 11. The first-order valence-electron chi connectivity index (χ1n) is 21.4. The third-order valence-corrected chi connectivity index (χ3v) is 14.8. The number of ether oxygens (including phenoxy) is 4. The average Bonchev–Trinajstić information content (AvgIpc) is 4.10. The van der Waals surface area contributed by atoms with Gasteiger partial charge in [-0.2, -0.15) is 0 Å². The van der Waals surface area contributed by atoms with Gasteiger partial charge in [-0.3, -0.25) is 24.4 Å². The minimum absolute atomic E-state index is 0.0220. The maximum atomic E-state index is 15.0. The van der Waals surface area contributed by atoms with Gasteiger partial charge in [0.1, 0.15) is 23.4 Å². The Hall–Kier alpha value is -4.84. The fraction of sp³-hybridized carbons (Fsp3) is 0.578. The Labute approximate surface area is 363 Å². The molecular formula is C45H60N6O10S. The summed E-state index contributed by atoms with van der Waals surface area (Å²) < 4.78 is 51.1. The van der Waals surface area contributed by atoms with Gasteiger partial charge >= 0.3 is 0 Å². The average molecular weight is 877 g/mol. The van der Waals surface area contributed by atoms with Gasteiger partial charge in [0, 0.05) is 52.7 Å². The molecule has 16 nitrogen and oxygen atoms in total. The second-order valence-electron chi connectivity index (χ2n) is 18.7. The second kappa shape index (κ2) is 17.4. The predicted octanol–water partition coefficient (Wildman–Crippen LogP) is 4.60. The molecule has 3 aromatic rings. The molecule has 17 heteroatoms. The molecule has 336 valence electrons. The highest BCUT2D eigenvalue weighted by Crippen LogP contribution is 2.48. The number of aliphatic hydroxyl groups is 1. The first kappa shape index (κ1) is 45.2. The number of nitrogens with one attached hydrogen (secondary N) is 3. The van der Waals surface area contributed by atoms with Crippen molar-refractivity contribution in [2.24, 2.45) is 17.8 Å². The van der Waals surface area contributed by atoms with Crippen LogP contribution in [0.5, 0.6) is 17.5 Å². The van der Waals surface area contributed by atoms with Crippen LogP contribution in [0.25, 0.3) is 21.9 Å². The fourth-order valence-corrected chi connectivity index (χ4v) is 9.93. The smallest absolute Gasteiger partial charge is 0.259 e. The molecule has 2 saturated carbocycles. The van der Waals surface area contributed by atoms with Crippen molar-refractivity contribution >= 4 is 38.5 Å². The number of benzene rings is 1. The van der Waals surface area contributed by atoms with Gasteiger partial charge < -0.3 is 34.3 Å². The lowest BCUT2D eigenvalue weighted by molar-refractivity contribution is -0.190. The zero-order valence-corrected chi connectivity index (χ0v) is 37.6. The number of hydrogen-bond acceptors (Lipinski definition) is 13. The summed E-state index contributed by atoms with van der Waals surface area (Å²) in [6, 6.07) is 7.00. The lowest BCUT2D eigenvalue weighted by Gasteiger charge is -2.35. The molecule has 3 fully saturated rings. The largest absolute Gasteiger partial charge is 0.497 e. The zero-order valence-electron chi connectivity index (χ0n) is 36.8. The highest BCUT2D eigenvalue weighted by Gasteiger charge is 2.63. The summed E-state index contributed by atoms with van der Waals surface area (Å²) in [4.78, 5) is 54.3. The molecule has 0 bridgehead atoms. The SMILES string of the molecule is COc1ccc2c(O[C@@H]3C[C@H]4C(=O)N[C@]5(C(=O)NS(=O)(=O)C6(C)CC6)C[C@H]5/C=C\CC[C@@H](C)C[C@@H](C)[C@H](NC(O)OC(C)(C)C)C(=O)N4C3)ncc(-c3ccc(OC)nc3)c2c1. The minimum atomic E-state index is -4.02. The topological polar surface area (TPSA) is 208 Å². The van der Waals surface area contributed by atoms with E-state index in [1.54, 1.807) is 66.4 Å². The molecule has 8 atom stereocenters. The Kier molecular flexibility index (Phi) is 12.7. The van der Waals surface area contributed by atoms with Crippen molar-refractivity contribution in [3.63, 3.8) is 0 Å². The molecule has 4 aliphatic rings. The molecule has 0 spiro atoms. The van der Waals surface area contributed by atoms with Crippen LogP contribution in [0.1, 0.15) is 86.5 Å². The van der Waals surface area contributed by atoms with Gasteiger partial charge in [0.2, 0.25) is 40.0 Å². The zero-order chi connectivity index (χ0) is 44.8. The third kappa shape index (κ3) is 9.55. The summed E-state index contributed by atoms with van der Waals surface area (Å²) in [7, 11) is -0.898. The molecule has 4 N–H and O–H groups in total. The molecule has 7 rings (SSSR count). The highest BCUT2D eigenvalue weighted by atomic mass is 32.2. The van der Waals surface area contributed by atoms with E-state index in [0.29, 0.717) is 42.7 Å². The lowest BCUT2D eigenvalue weighted by atomic mass is 9.88. The number of sulfonamides is 1. The summed E-state index contributed by atoms with van der Waals surface area (Å²) in [5.74, 6) is -1.17. The van der Waals surface area contributed by atoms with Crippen LogP contribution in [0.2, 0.25) is 0 Å². The highest BCUT2D eigenvalue weighted by molar-refractivity contribution is 7.91. The molecular weight excluding hydrogens is 817 g/mol. The van der Waals surface area contributed by atoms with Gasteiger partial charge in [0.05, 0.1) is 37.2 Å². The van der Waals surface area contributed by atoms with Gasteiger partial charge in [-0.15, -0.1) is 0 Å². The second-order valence-corrected chi connectivity index (χ2v) is 20.9. The third-order valence-electron chi connectivity index (χ3n) is 12.6. The van der Waals surface area contributed by atoms with Crippen molar-refractivity contribution in [2.45, 2.75) is 127 Å². The number of pyridine rings is 2. The van der Waals surface area contributed by atoms with E-state index < -0.39 is 74.2 Å². The van der Waals surface area contributed by atoms with E-state index >= 15 is 4.79 Å². The van der Waals surface area contributed by atoms with Crippen LogP contribution in [0, 0.1) is 17.8 Å². The van der Waals surface area contributed by atoms with E-state index in [9.17, 15) is 23.1 Å². The van der Waals surface area contributed by atoms with Gasteiger partial charge in [-0.25, -0.2) is 18.4 Å². The maximum Gasteiger partial charge on any atom is 0.259 e. The number of nitrogens with zero attached hydrogens (tertiary/aromatic N) is 3. The van der Waals surface area contributed by atoms with Crippen molar-refractivity contribution in [1.29, 1.82) is 0 Å². The van der Waals surface area contributed by atoms with E-state index in [1.165, 1.54) is 4.90 Å². The molecule has 4 heterocycles. The van der Waals surface area contributed by atoms with E-state index in [0.717, 1.165) is 22.9 Å². The van der Waals surface area contributed by atoms with E-state index in [4.69, 9.17) is 23.9 Å². The summed E-state index contributed by atoms with van der Waals surface area (Å²) in [6.07, 6.45) is 8.10. The number of carbonyl (C=O) groups is 3. The number of amides is 3. The number of methoxy groups -OCH3 is 2. The number of hydrogen-bond donors (Lipinski definition) is 4. The van der Waals surface area contributed by atoms with Crippen LogP contribution in [-0.4, -0.2) is 107 Å². The maximum absolute atomic E-state index is 15.0. The number of fused-ring (bicyclic) bond motifs is 3. The Morgan fingerprint density at radius 2 is 1.79 bits per heavy atom. The van der Waals surface area contributed by atoms with Crippen molar-refractivity contribution in [3.8, 4) is 28.6 Å². The predicted molar refractivity (Wildman–Crippen MR) is 231 cm³/mol. The van der Waals surface area contributed by atoms with Crippen LogP contribution in [0.4, 0.5) is 0 Å². The summed E-state index contributed by atoms with van der Waals surface area (Å²) in [5.41, 5.74) is -0.748. The number of aliphatic hydroxyl groups excluding tert-OH is 1.